The molecule has 1 aromatic heterocycles. The predicted octanol–water partition coefficient (Wildman–Crippen LogP) is 3.41. The number of nitrogens with one attached hydrogen (secondary N) is 2. The smallest absolute Gasteiger partial charge is 0.191 e. The molecule has 0 aliphatic carbocycles. The molecule has 25 heavy (non-hydrogen) atoms. The molecule has 136 valence electrons. The molecule has 0 amide bonds. The van der Waals surface area contributed by atoms with Gasteiger partial charge in [0, 0.05) is 24.6 Å². The van der Waals surface area contributed by atoms with Crippen molar-refractivity contribution in [3.05, 3.63) is 53.2 Å². The van der Waals surface area contributed by atoms with Crippen LogP contribution in [0.2, 0.25) is 0 Å². The molecule has 2 N–H and O–H groups in total. The highest BCUT2D eigenvalue weighted by atomic mass is 19.1. The van der Waals surface area contributed by atoms with E-state index in [0.717, 1.165) is 30.0 Å². The SMILES string of the molecule is CCNC(=NCc1cc(CC)no1)NCC(C)(C)c1cccc(F)c1. The third kappa shape index (κ3) is 5.59. The average molecular weight is 346 g/mol. The number of guanidine groups is 1. The number of aryl methyl sites for hydroxylation is 1. The molecule has 0 saturated carbocycles. The number of nitrogens with zero attached hydrogens (tertiary/aromatic N) is 2. The van der Waals surface area contributed by atoms with Crippen LogP contribution in [-0.2, 0) is 18.4 Å². The Morgan fingerprint density at radius 1 is 1.24 bits per heavy atom. The quantitative estimate of drug-likeness (QED) is 0.596. The lowest BCUT2D eigenvalue weighted by Crippen LogP contribution is -2.43. The number of hydrogen-bond acceptors (Lipinski definition) is 3. The van der Waals surface area contributed by atoms with Gasteiger partial charge in [0.25, 0.3) is 0 Å². The Kier molecular flexibility index (Phi) is 6.56. The van der Waals surface area contributed by atoms with E-state index in [-0.39, 0.29) is 11.2 Å². The molecule has 0 unspecified atom stereocenters. The van der Waals surface area contributed by atoms with Crippen molar-refractivity contribution in [2.24, 2.45) is 4.99 Å². The fourth-order valence-corrected chi connectivity index (χ4v) is 2.41. The highest BCUT2D eigenvalue weighted by Crippen LogP contribution is 2.22. The van der Waals surface area contributed by atoms with Crippen molar-refractivity contribution in [2.75, 3.05) is 13.1 Å². The van der Waals surface area contributed by atoms with E-state index < -0.39 is 0 Å². The summed E-state index contributed by atoms with van der Waals surface area (Å²) in [6.07, 6.45) is 0.841. The second-order valence-electron chi connectivity index (χ2n) is 6.58. The van der Waals surface area contributed by atoms with Crippen molar-refractivity contribution in [1.82, 2.24) is 15.8 Å². The molecule has 0 radical (unpaired) electrons. The number of rotatable bonds is 7. The Bertz CT molecular complexity index is 709. The summed E-state index contributed by atoms with van der Waals surface area (Å²) < 4.78 is 18.7. The van der Waals surface area contributed by atoms with Crippen LogP contribution in [0, 0.1) is 5.82 Å². The first-order chi connectivity index (χ1) is 11.9. The summed E-state index contributed by atoms with van der Waals surface area (Å²) in [7, 11) is 0. The molecule has 6 heteroatoms. The topological polar surface area (TPSA) is 62.5 Å². The Labute approximate surface area is 148 Å². The zero-order valence-corrected chi connectivity index (χ0v) is 15.4. The van der Waals surface area contributed by atoms with Crippen LogP contribution in [0.25, 0.3) is 0 Å². The van der Waals surface area contributed by atoms with E-state index in [4.69, 9.17) is 4.52 Å². The fraction of sp³-hybridized carbons (Fsp3) is 0.474. The van der Waals surface area contributed by atoms with Crippen molar-refractivity contribution in [2.45, 2.75) is 46.1 Å². The van der Waals surface area contributed by atoms with Crippen molar-refractivity contribution in [3.63, 3.8) is 0 Å². The van der Waals surface area contributed by atoms with E-state index in [0.29, 0.717) is 19.0 Å². The Morgan fingerprint density at radius 3 is 2.68 bits per heavy atom. The average Bonchev–Trinajstić information content (AvgIpc) is 3.05. The van der Waals surface area contributed by atoms with E-state index in [1.807, 2.05) is 26.0 Å². The first-order valence-electron chi connectivity index (χ1n) is 8.67. The van der Waals surface area contributed by atoms with Gasteiger partial charge in [0.15, 0.2) is 11.7 Å². The summed E-state index contributed by atoms with van der Waals surface area (Å²) in [5.74, 6) is 1.21. The normalized spacial score (nSPS) is 12.3. The summed E-state index contributed by atoms with van der Waals surface area (Å²) in [4.78, 5) is 4.53. The molecule has 0 fully saturated rings. The van der Waals surface area contributed by atoms with E-state index in [1.54, 1.807) is 12.1 Å². The number of aliphatic imine (C=N–C) groups is 1. The Morgan fingerprint density at radius 2 is 2.04 bits per heavy atom. The highest BCUT2D eigenvalue weighted by molar-refractivity contribution is 5.79. The van der Waals surface area contributed by atoms with Gasteiger partial charge in [0.05, 0.1) is 5.69 Å². The summed E-state index contributed by atoms with van der Waals surface area (Å²) in [5, 5.41) is 10.5. The van der Waals surface area contributed by atoms with Crippen LogP contribution < -0.4 is 10.6 Å². The zero-order valence-electron chi connectivity index (χ0n) is 15.4. The Hall–Kier alpha value is -2.37. The molecule has 0 saturated heterocycles. The van der Waals surface area contributed by atoms with E-state index in [9.17, 15) is 4.39 Å². The van der Waals surface area contributed by atoms with Gasteiger partial charge in [0.1, 0.15) is 12.4 Å². The van der Waals surface area contributed by atoms with Crippen molar-refractivity contribution >= 4 is 5.96 Å². The second-order valence-corrected chi connectivity index (χ2v) is 6.58. The molecule has 0 spiro atoms. The molecule has 0 aliphatic rings. The lowest BCUT2D eigenvalue weighted by molar-refractivity contribution is 0.379. The van der Waals surface area contributed by atoms with Crippen molar-refractivity contribution in [3.8, 4) is 0 Å². The van der Waals surface area contributed by atoms with Crippen LogP contribution in [0.4, 0.5) is 4.39 Å². The highest BCUT2D eigenvalue weighted by Gasteiger charge is 2.21. The minimum absolute atomic E-state index is 0.219. The van der Waals surface area contributed by atoms with Gasteiger partial charge in [-0.05, 0) is 31.0 Å². The fourth-order valence-electron chi connectivity index (χ4n) is 2.41. The van der Waals surface area contributed by atoms with Gasteiger partial charge in [-0.15, -0.1) is 0 Å². The van der Waals surface area contributed by atoms with Crippen LogP contribution in [0.5, 0.6) is 0 Å². The molecule has 2 rings (SSSR count). The van der Waals surface area contributed by atoms with E-state index >= 15 is 0 Å². The monoisotopic (exact) mass is 346 g/mol. The summed E-state index contributed by atoms with van der Waals surface area (Å²) in [5.41, 5.74) is 1.63. The predicted molar refractivity (Wildman–Crippen MR) is 98.1 cm³/mol. The first-order valence-corrected chi connectivity index (χ1v) is 8.67. The number of benzene rings is 1. The number of aromatic nitrogens is 1. The maximum Gasteiger partial charge on any atom is 0.191 e. The third-order valence-electron chi connectivity index (χ3n) is 4.01. The van der Waals surface area contributed by atoms with Gasteiger partial charge < -0.3 is 15.2 Å². The van der Waals surface area contributed by atoms with Crippen molar-refractivity contribution < 1.29 is 8.91 Å². The van der Waals surface area contributed by atoms with Gasteiger partial charge in [-0.25, -0.2) is 9.38 Å². The molecular weight excluding hydrogens is 319 g/mol. The third-order valence-corrected chi connectivity index (χ3v) is 4.01. The molecule has 2 aromatic rings. The first kappa shape index (κ1) is 19.0. The minimum Gasteiger partial charge on any atom is -0.359 e. The molecule has 5 nitrogen and oxygen atoms in total. The molecule has 1 heterocycles. The Balaban J connectivity index is 2.01. The lowest BCUT2D eigenvalue weighted by atomic mass is 9.84. The van der Waals surface area contributed by atoms with Gasteiger partial charge in [0.2, 0.25) is 0 Å². The maximum atomic E-state index is 13.5. The lowest BCUT2D eigenvalue weighted by Gasteiger charge is -2.26. The number of hydrogen-bond donors (Lipinski definition) is 2. The summed E-state index contributed by atoms with van der Waals surface area (Å²) >= 11 is 0. The van der Waals surface area contributed by atoms with Crippen LogP contribution >= 0.6 is 0 Å². The number of halogens is 1. The molecular formula is C19H27FN4O. The van der Waals surface area contributed by atoms with Crippen LogP contribution in [-0.4, -0.2) is 24.2 Å². The van der Waals surface area contributed by atoms with Gasteiger partial charge in [-0.1, -0.05) is 38.1 Å². The summed E-state index contributed by atoms with van der Waals surface area (Å²) in [6.45, 7) is 9.98. The zero-order chi connectivity index (χ0) is 18.3. The van der Waals surface area contributed by atoms with E-state index in [2.05, 4.69) is 34.6 Å². The molecule has 1 aromatic carbocycles. The summed E-state index contributed by atoms with van der Waals surface area (Å²) in [6, 6.07) is 8.63. The molecule has 0 atom stereocenters. The van der Waals surface area contributed by atoms with Crippen LogP contribution in [0.1, 0.15) is 44.7 Å². The maximum absolute atomic E-state index is 13.5. The minimum atomic E-state index is -0.236. The van der Waals surface area contributed by atoms with Gasteiger partial charge in [-0.2, -0.15) is 0 Å². The second kappa shape index (κ2) is 8.65. The molecule has 0 bridgehead atoms. The van der Waals surface area contributed by atoms with Crippen molar-refractivity contribution in [1.29, 1.82) is 0 Å². The molecule has 0 aliphatic heterocycles. The van der Waals surface area contributed by atoms with Gasteiger partial charge in [-0.3, -0.25) is 0 Å². The van der Waals surface area contributed by atoms with Crippen LogP contribution in [0.3, 0.4) is 0 Å². The standard InChI is InChI=1S/C19H27FN4O/c1-5-16-11-17(25-24-16)12-22-18(21-6-2)23-13-19(3,4)14-8-7-9-15(20)10-14/h7-11H,5-6,12-13H2,1-4H3,(H2,21,22,23). The largest absolute Gasteiger partial charge is 0.359 e. The van der Waals surface area contributed by atoms with Crippen LogP contribution in [0.15, 0.2) is 39.8 Å². The van der Waals surface area contributed by atoms with Gasteiger partial charge >= 0.3 is 0 Å². The van der Waals surface area contributed by atoms with E-state index in [1.165, 1.54) is 6.07 Å².